The number of piperazine rings is 1. The van der Waals surface area contributed by atoms with E-state index >= 15 is 0 Å². The molecule has 4 aromatic rings. The van der Waals surface area contributed by atoms with Crippen LogP contribution in [0.5, 0.6) is 0 Å². The summed E-state index contributed by atoms with van der Waals surface area (Å²) in [5, 5.41) is 4.25. The molecule has 0 amide bonds. The normalized spacial score (nSPS) is 23.8. The maximum atomic E-state index is 13.0. The third kappa shape index (κ3) is 2.53. The van der Waals surface area contributed by atoms with Crippen LogP contribution in [0.1, 0.15) is 38.1 Å². The Bertz CT molecular complexity index is 1420. The molecule has 0 spiro atoms. The Morgan fingerprint density at radius 2 is 1.90 bits per heavy atom. The maximum Gasteiger partial charge on any atom is 0.283 e. The van der Waals surface area contributed by atoms with E-state index in [0.29, 0.717) is 23.5 Å². The Balaban J connectivity index is 1.56. The van der Waals surface area contributed by atoms with E-state index in [2.05, 4.69) is 58.3 Å². The number of hydrogen-bond acceptors (Lipinski definition) is 4. The molecular weight excluding hydrogens is 454 g/mol. The van der Waals surface area contributed by atoms with Gasteiger partial charge in [-0.05, 0) is 65.5 Å². The van der Waals surface area contributed by atoms with Crippen LogP contribution in [-0.2, 0) is 0 Å². The van der Waals surface area contributed by atoms with Crippen molar-refractivity contribution in [3.05, 3.63) is 51.2 Å². The minimum absolute atomic E-state index is 0.160. The summed E-state index contributed by atoms with van der Waals surface area (Å²) in [5.41, 5.74) is 4.37. The number of nitrogens with one attached hydrogen (secondary N) is 1. The lowest BCUT2D eigenvalue weighted by Crippen LogP contribution is -2.43. The van der Waals surface area contributed by atoms with Gasteiger partial charge in [-0.25, -0.2) is 0 Å². The van der Waals surface area contributed by atoms with Gasteiger partial charge >= 0.3 is 0 Å². The molecule has 1 N–H and O–H groups in total. The molecule has 1 saturated carbocycles. The third-order valence-corrected chi connectivity index (χ3v) is 8.26. The summed E-state index contributed by atoms with van der Waals surface area (Å²) in [6.45, 7) is 2.15. The first-order valence-corrected chi connectivity index (χ1v) is 12.1. The molecule has 0 unspecified atom stereocenters. The largest absolute Gasteiger partial charge is 0.366 e. The lowest BCUT2D eigenvalue weighted by molar-refractivity contribution is 0.542. The number of anilines is 1. The average molecular weight is 478 g/mol. The Morgan fingerprint density at radius 1 is 1.03 bits per heavy atom. The van der Waals surface area contributed by atoms with E-state index in [1.54, 1.807) is 0 Å². The quantitative estimate of drug-likeness (QED) is 0.469. The van der Waals surface area contributed by atoms with E-state index in [-0.39, 0.29) is 5.56 Å². The van der Waals surface area contributed by atoms with Gasteiger partial charge in [-0.2, -0.15) is 4.98 Å². The third-order valence-electron chi connectivity index (χ3n) is 7.60. The van der Waals surface area contributed by atoms with Gasteiger partial charge in [-0.3, -0.25) is 9.20 Å². The molecule has 2 saturated heterocycles. The molecule has 158 valence electrons. The second-order valence-electron chi connectivity index (χ2n) is 9.31. The molecule has 7 rings (SSSR count). The van der Waals surface area contributed by atoms with Crippen LogP contribution >= 0.6 is 15.9 Å². The zero-order chi connectivity index (χ0) is 20.7. The van der Waals surface area contributed by atoms with Crippen LogP contribution in [0, 0.1) is 0 Å². The zero-order valence-electron chi connectivity index (χ0n) is 17.2. The summed E-state index contributed by atoms with van der Waals surface area (Å²) in [4.78, 5) is 20.2. The monoisotopic (exact) mass is 477 g/mol. The van der Waals surface area contributed by atoms with Gasteiger partial charge in [0.05, 0.1) is 21.9 Å². The van der Waals surface area contributed by atoms with Crippen LogP contribution in [0.3, 0.4) is 0 Å². The summed E-state index contributed by atoms with van der Waals surface area (Å²) in [7, 11) is 0. The molecule has 2 atom stereocenters. The van der Waals surface area contributed by atoms with E-state index in [1.807, 2.05) is 18.2 Å². The van der Waals surface area contributed by atoms with Crippen LogP contribution in [0.25, 0.3) is 27.7 Å². The highest BCUT2D eigenvalue weighted by Gasteiger charge is 2.38. The van der Waals surface area contributed by atoms with Crippen LogP contribution in [0.15, 0.2) is 45.7 Å². The Hall–Kier alpha value is -2.38. The van der Waals surface area contributed by atoms with Gasteiger partial charge in [0.25, 0.3) is 5.56 Å². The molecule has 31 heavy (non-hydrogen) atoms. The molecule has 1 aliphatic carbocycles. The SMILES string of the molecule is O=c1nc2n(C3CCCC3)c3cc(N4C[C@@H]5C[C@H]4CN5)ccc3n2c2cccc(Br)c12. The van der Waals surface area contributed by atoms with E-state index in [0.717, 1.165) is 47.2 Å². The summed E-state index contributed by atoms with van der Waals surface area (Å²) >= 11 is 3.57. The van der Waals surface area contributed by atoms with Gasteiger partial charge in [0.1, 0.15) is 0 Å². The van der Waals surface area contributed by atoms with E-state index in [1.165, 1.54) is 30.5 Å². The molecule has 2 aromatic heterocycles. The van der Waals surface area contributed by atoms with Gasteiger partial charge in [0.2, 0.25) is 5.78 Å². The van der Waals surface area contributed by atoms with Crippen molar-refractivity contribution in [2.75, 3.05) is 18.0 Å². The van der Waals surface area contributed by atoms with Crippen molar-refractivity contribution < 1.29 is 0 Å². The minimum Gasteiger partial charge on any atom is -0.366 e. The van der Waals surface area contributed by atoms with Crippen LogP contribution < -0.4 is 15.8 Å². The number of fused-ring (bicyclic) bond motifs is 7. The molecule has 2 aromatic carbocycles. The predicted molar refractivity (Wildman–Crippen MR) is 127 cm³/mol. The molecule has 4 heterocycles. The van der Waals surface area contributed by atoms with Crippen molar-refractivity contribution in [2.45, 2.75) is 50.2 Å². The van der Waals surface area contributed by atoms with Gasteiger partial charge < -0.3 is 14.8 Å². The zero-order valence-corrected chi connectivity index (χ0v) is 18.8. The number of rotatable bonds is 2. The average Bonchev–Trinajstić information content (AvgIpc) is 3.56. The van der Waals surface area contributed by atoms with E-state index < -0.39 is 0 Å². The van der Waals surface area contributed by atoms with E-state index in [4.69, 9.17) is 0 Å². The molecular formula is C24H24BrN5O. The second kappa shape index (κ2) is 6.56. The highest BCUT2D eigenvalue weighted by molar-refractivity contribution is 9.10. The maximum absolute atomic E-state index is 13.0. The smallest absolute Gasteiger partial charge is 0.283 e. The molecule has 2 bridgehead atoms. The van der Waals surface area contributed by atoms with Crippen LogP contribution in [-0.4, -0.2) is 39.1 Å². The van der Waals surface area contributed by atoms with Crippen molar-refractivity contribution in [3.8, 4) is 0 Å². The summed E-state index contributed by atoms with van der Waals surface area (Å²) in [5.74, 6) is 0.777. The van der Waals surface area contributed by atoms with Gasteiger partial charge in [-0.1, -0.05) is 18.9 Å². The summed E-state index contributed by atoms with van der Waals surface area (Å²) < 4.78 is 5.35. The van der Waals surface area contributed by atoms with Crippen molar-refractivity contribution in [3.63, 3.8) is 0 Å². The number of imidazole rings is 1. The number of hydrogen-bond donors (Lipinski definition) is 1. The number of benzene rings is 2. The number of nitrogens with zero attached hydrogens (tertiary/aromatic N) is 4. The Kier molecular flexibility index (Phi) is 3.86. The lowest BCUT2D eigenvalue weighted by atomic mass is 10.2. The van der Waals surface area contributed by atoms with Crippen molar-refractivity contribution in [1.29, 1.82) is 0 Å². The lowest BCUT2D eigenvalue weighted by Gasteiger charge is -2.29. The van der Waals surface area contributed by atoms with Gasteiger partial charge in [0.15, 0.2) is 0 Å². The first-order valence-electron chi connectivity index (χ1n) is 11.3. The fourth-order valence-corrected chi connectivity index (χ4v) is 6.72. The van der Waals surface area contributed by atoms with Crippen molar-refractivity contribution >= 4 is 49.3 Å². The van der Waals surface area contributed by atoms with Crippen molar-refractivity contribution in [1.82, 2.24) is 19.3 Å². The second-order valence-corrected chi connectivity index (χ2v) is 10.2. The number of halogens is 1. The summed E-state index contributed by atoms with van der Waals surface area (Å²) in [6.07, 6.45) is 6.00. The Labute approximate surface area is 188 Å². The number of aromatic nitrogens is 3. The molecule has 0 radical (unpaired) electrons. The fraction of sp³-hybridized carbons (Fsp3) is 0.417. The molecule has 2 aliphatic heterocycles. The molecule has 3 fully saturated rings. The molecule has 7 heteroatoms. The first-order chi connectivity index (χ1) is 15.2. The van der Waals surface area contributed by atoms with Gasteiger partial charge in [-0.15, -0.1) is 0 Å². The van der Waals surface area contributed by atoms with Crippen LogP contribution in [0.2, 0.25) is 0 Å². The molecule has 3 aliphatic rings. The fourth-order valence-electron chi connectivity index (χ4n) is 6.19. The van der Waals surface area contributed by atoms with Crippen LogP contribution in [0.4, 0.5) is 5.69 Å². The highest BCUT2D eigenvalue weighted by atomic mass is 79.9. The summed E-state index contributed by atoms with van der Waals surface area (Å²) in [6, 6.07) is 14.4. The molecule has 6 nitrogen and oxygen atoms in total. The minimum atomic E-state index is -0.160. The Morgan fingerprint density at radius 3 is 2.68 bits per heavy atom. The predicted octanol–water partition coefficient (Wildman–Crippen LogP) is 4.23. The van der Waals surface area contributed by atoms with E-state index in [9.17, 15) is 4.79 Å². The first kappa shape index (κ1) is 18.2. The standard InChI is InChI=1S/C24H24BrN5O/c25-18-6-3-7-20-22(18)23(31)27-24-29(15-4-1-2-5-15)21-11-16(8-9-19(21)30(20)24)28-13-14-10-17(28)12-26-14/h3,6-9,11,14-15,17,26H,1-2,4-5,10,12-13H2/t14-,17-/m0/s1. The van der Waals surface area contributed by atoms with Crippen molar-refractivity contribution in [2.24, 2.45) is 0 Å². The topological polar surface area (TPSA) is 54.6 Å². The van der Waals surface area contributed by atoms with Gasteiger partial charge in [0, 0.05) is 41.4 Å². The highest BCUT2D eigenvalue weighted by Crippen LogP contribution is 2.38.